The first-order chi connectivity index (χ1) is 11.5. The maximum Gasteiger partial charge on any atom is 0.326 e. The summed E-state index contributed by atoms with van der Waals surface area (Å²) in [4.78, 5) is 36.9. The van der Waals surface area contributed by atoms with Crippen LogP contribution in [0.25, 0.3) is 0 Å². The Morgan fingerprint density at radius 2 is 1.83 bits per heavy atom. The van der Waals surface area contributed by atoms with Gasteiger partial charge in [0.1, 0.15) is 6.54 Å². The number of nitrogens with one attached hydrogen (secondary N) is 1. The molecule has 7 heteroatoms. The molecule has 0 radical (unpaired) electrons. The number of carbonyl (C=O) groups excluding carboxylic acids is 2. The normalized spacial score (nSPS) is 10.1. The Balaban J connectivity index is 1.81. The van der Waals surface area contributed by atoms with Crippen LogP contribution in [0.5, 0.6) is 0 Å². The number of amides is 1. The second kappa shape index (κ2) is 7.96. The van der Waals surface area contributed by atoms with Crippen LogP contribution in [0.3, 0.4) is 0 Å². The monoisotopic (exact) mass is 329 g/mol. The molecular formula is C17H19N3O4. The highest BCUT2D eigenvalue weighted by Crippen LogP contribution is 2.15. The molecule has 0 spiro atoms. The number of hydrogen-bond acceptors (Lipinski definition) is 5. The standard InChI is InChI=1S/C17H19N3O4/c1-19(2)14-8-6-13(7-9-14)18-15(21)12-24-17(23)11-20-10-4-3-5-16(20)22/h3-10H,11-12H2,1-2H3,(H,18,21). The lowest BCUT2D eigenvalue weighted by Gasteiger charge is -2.13. The molecule has 24 heavy (non-hydrogen) atoms. The van der Waals surface area contributed by atoms with E-state index in [2.05, 4.69) is 5.32 Å². The number of rotatable bonds is 6. The maximum absolute atomic E-state index is 11.8. The molecule has 1 aromatic heterocycles. The zero-order chi connectivity index (χ0) is 17.5. The smallest absolute Gasteiger partial charge is 0.326 e. The van der Waals surface area contributed by atoms with Crippen molar-refractivity contribution in [2.24, 2.45) is 0 Å². The van der Waals surface area contributed by atoms with Crippen LogP contribution >= 0.6 is 0 Å². The van der Waals surface area contributed by atoms with Crippen molar-refractivity contribution < 1.29 is 14.3 Å². The van der Waals surface area contributed by atoms with Crippen molar-refractivity contribution in [2.75, 3.05) is 30.9 Å². The van der Waals surface area contributed by atoms with Gasteiger partial charge >= 0.3 is 5.97 Å². The molecule has 1 heterocycles. The van der Waals surface area contributed by atoms with Crippen molar-refractivity contribution in [3.8, 4) is 0 Å². The lowest BCUT2D eigenvalue weighted by Crippen LogP contribution is -2.26. The van der Waals surface area contributed by atoms with Crippen LogP contribution in [-0.2, 0) is 20.9 Å². The van der Waals surface area contributed by atoms with Crippen LogP contribution in [0.1, 0.15) is 0 Å². The molecule has 2 aromatic rings. The molecule has 1 amide bonds. The van der Waals surface area contributed by atoms with Crippen molar-refractivity contribution in [1.82, 2.24) is 4.57 Å². The fourth-order valence-electron chi connectivity index (χ4n) is 1.96. The predicted molar refractivity (Wildman–Crippen MR) is 91.1 cm³/mol. The number of hydrogen-bond donors (Lipinski definition) is 1. The third-order valence-corrected chi connectivity index (χ3v) is 3.23. The van der Waals surface area contributed by atoms with Gasteiger partial charge in [0.15, 0.2) is 6.61 Å². The molecule has 1 N–H and O–H groups in total. The molecular weight excluding hydrogens is 310 g/mol. The molecule has 0 atom stereocenters. The van der Waals surface area contributed by atoms with Gasteiger partial charge in [0.2, 0.25) is 0 Å². The van der Waals surface area contributed by atoms with Crippen molar-refractivity contribution in [3.05, 3.63) is 59.0 Å². The quantitative estimate of drug-likeness (QED) is 0.803. The maximum atomic E-state index is 11.8. The average Bonchev–Trinajstić information content (AvgIpc) is 2.55. The lowest BCUT2D eigenvalue weighted by molar-refractivity contribution is -0.147. The number of benzene rings is 1. The highest BCUT2D eigenvalue weighted by molar-refractivity contribution is 5.92. The van der Waals surface area contributed by atoms with Crippen LogP contribution in [-0.4, -0.2) is 37.1 Å². The van der Waals surface area contributed by atoms with Crippen LogP contribution in [0.4, 0.5) is 11.4 Å². The SMILES string of the molecule is CN(C)c1ccc(NC(=O)COC(=O)Cn2ccccc2=O)cc1. The van der Waals surface area contributed by atoms with Gasteiger partial charge in [0.25, 0.3) is 11.5 Å². The number of anilines is 2. The molecule has 1 aromatic carbocycles. The van der Waals surface area contributed by atoms with E-state index in [4.69, 9.17) is 4.74 Å². The zero-order valence-corrected chi connectivity index (χ0v) is 13.6. The number of pyridine rings is 1. The fraction of sp³-hybridized carbons (Fsp3) is 0.235. The first-order valence-electron chi connectivity index (χ1n) is 7.34. The summed E-state index contributed by atoms with van der Waals surface area (Å²) in [5.41, 5.74) is 1.31. The first-order valence-corrected chi connectivity index (χ1v) is 7.34. The minimum Gasteiger partial charge on any atom is -0.454 e. The van der Waals surface area contributed by atoms with E-state index in [0.717, 1.165) is 5.69 Å². The summed E-state index contributed by atoms with van der Waals surface area (Å²) in [6, 6.07) is 11.8. The summed E-state index contributed by atoms with van der Waals surface area (Å²) in [6.07, 6.45) is 1.48. The number of aromatic nitrogens is 1. The van der Waals surface area contributed by atoms with Gasteiger partial charge in [-0.25, -0.2) is 0 Å². The van der Waals surface area contributed by atoms with Gasteiger partial charge in [-0.1, -0.05) is 6.07 Å². The third kappa shape index (κ3) is 4.98. The second-order valence-electron chi connectivity index (χ2n) is 5.32. The summed E-state index contributed by atoms with van der Waals surface area (Å²) in [7, 11) is 3.84. The van der Waals surface area contributed by atoms with Crippen molar-refractivity contribution in [2.45, 2.75) is 6.54 Å². The van der Waals surface area contributed by atoms with E-state index in [9.17, 15) is 14.4 Å². The van der Waals surface area contributed by atoms with E-state index >= 15 is 0 Å². The lowest BCUT2D eigenvalue weighted by atomic mass is 10.2. The van der Waals surface area contributed by atoms with Gasteiger partial charge < -0.3 is 19.5 Å². The molecule has 0 saturated heterocycles. The number of nitrogens with zero attached hydrogens (tertiary/aromatic N) is 2. The third-order valence-electron chi connectivity index (χ3n) is 3.23. The minimum absolute atomic E-state index is 0.232. The highest BCUT2D eigenvalue weighted by atomic mass is 16.5. The molecule has 0 aliphatic rings. The Kier molecular flexibility index (Phi) is 5.73. The van der Waals surface area contributed by atoms with Gasteiger partial charge in [-0.3, -0.25) is 14.4 Å². The van der Waals surface area contributed by atoms with Crippen LogP contribution < -0.4 is 15.8 Å². The predicted octanol–water partition coefficient (Wildman–Crippen LogP) is 1.10. The van der Waals surface area contributed by atoms with E-state index in [-0.39, 0.29) is 12.1 Å². The van der Waals surface area contributed by atoms with E-state index in [1.165, 1.54) is 16.8 Å². The molecule has 0 aliphatic carbocycles. The number of ether oxygens (including phenoxy) is 1. The Hall–Kier alpha value is -3.09. The summed E-state index contributed by atoms with van der Waals surface area (Å²) in [5, 5.41) is 2.64. The van der Waals surface area contributed by atoms with Gasteiger partial charge in [0.05, 0.1) is 0 Å². The molecule has 0 bridgehead atoms. The molecule has 7 nitrogen and oxygen atoms in total. The van der Waals surface area contributed by atoms with E-state index in [0.29, 0.717) is 5.69 Å². The minimum atomic E-state index is -0.651. The topological polar surface area (TPSA) is 80.6 Å². The number of carbonyl (C=O) groups is 2. The van der Waals surface area contributed by atoms with Gasteiger partial charge in [-0.05, 0) is 30.3 Å². The number of esters is 1. The average molecular weight is 329 g/mol. The van der Waals surface area contributed by atoms with Gasteiger partial charge in [0, 0.05) is 37.7 Å². The first kappa shape index (κ1) is 17.3. The molecule has 2 rings (SSSR count). The molecule has 0 fully saturated rings. The van der Waals surface area contributed by atoms with Crippen LogP contribution in [0.15, 0.2) is 53.5 Å². The Labute approximate surface area is 139 Å². The van der Waals surface area contributed by atoms with E-state index in [1.807, 2.05) is 31.1 Å². The van der Waals surface area contributed by atoms with Gasteiger partial charge in [-0.15, -0.1) is 0 Å². The van der Waals surface area contributed by atoms with Crippen LogP contribution in [0, 0.1) is 0 Å². The second-order valence-corrected chi connectivity index (χ2v) is 5.32. The largest absolute Gasteiger partial charge is 0.454 e. The van der Waals surface area contributed by atoms with Crippen LogP contribution in [0.2, 0.25) is 0 Å². The van der Waals surface area contributed by atoms with E-state index in [1.54, 1.807) is 24.3 Å². The molecule has 0 aliphatic heterocycles. The summed E-state index contributed by atoms with van der Waals surface area (Å²) in [5.74, 6) is -1.09. The van der Waals surface area contributed by atoms with Gasteiger partial charge in [-0.2, -0.15) is 0 Å². The fourth-order valence-corrected chi connectivity index (χ4v) is 1.96. The molecule has 126 valence electrons. The highest BCUT2D eigenvalue weighted by Gasteiger charge is 2.09. The van der Waals surface area contributed by atoms with E-state index < -0.39 is 18.5 Å². The molecule has 0 unspecified atom stereocenters. The molecule has 0 saturated carbocycles. The summed E-state index contributed by atoms with van der Waals surface area (Å²) >= 11 is 0. The Morgan fingerprint density at radius 3 is 2.46 bits per heavy atom. The zero-order valence-electron chi connectivity index (χ0n) is 13.6. The van der Waals surface area contributed by atoms with Crippen molar-refractivity contribution in [1.29, 1.82) is 0 Å². The Bertz CT molecular complexity index is 766. The van der Waals surface area contributed by atoms with Crippen molar-refractivity contribution in [3.63, 3.8) is 0 Å². The summed E-state index contributed by atoms with van der Waals surface area (Å²) in [6.45, 7) is -0.639. The summed E-state index contributed by atoms with van der Waals surface area (Å²) < 4.78 is 6.09. The van der Waals surface area contributed by atoms with Crippen molar-refractivity contribution >= 4 is 23.3 Å². The Morgan fingerprint density at radius 1 is 1.12 bits per heavy atom.